The first-order valence-electron chi connectivity index (χ1n) is 9.09. The highest BCUT2D eigenvalue weighted by Gasteiger charge is 2.32. The fourth-order valence-electron chi connectivity index (χ4n) is 3.38. The zero-order valence-electron chi connectivity index (χ0n) is 14.8. The Kier molecular flexibility index (Phi) is 4.56. The minimum absolute atomic E-state index is 0.0799. The number of aromatic amines is 1. The van der Waals surface area contributed by atoms with Gasteiger partial charge < -0.3 is 10.3 Å². The van der Waals surface area contributed by atoms with E-state index in [9.17, 15) is 22.8 Å². The van der Waals surface area contributed by atoms with Crippen molar-refractivity contribution in [1.29, 1.82) is 0 Å². The van der Waals surface area contributed by atoms with Crippen LogP contribution in [0, 0.1) is 0 Å². The maximum atomic E-state index is 12.8. The van der Waals surface area contributed by atoms with Gasteiger partial charge in [0.25, 0.3) is 5.56 Å². The van der Waals surface area contributed by atoms with Crippen molar-refractivity contribution in [1.82, 2.24) is 15.3 Å². The predicted molar refractivity (Wildman–Crippen MR) is 96.5 cm³/mol. The number of alkyl halides is 3. The number of halogens is 3. The molecule has 2 N–H and O–H groups in total. The fourth-order valence-corrected chi connectivity index (χ4v) is 3.38. The number of rotatable bonds is 4. The second kappa shape index (κ2) is 6.92. The molecular weight excluding hydrogens is 371 g/mol. The van der Waals surface area contributed by atoms with E-state index < -0.39 is 11.9 Å². The number of hydrogen-bond acceptors (Lipinski definition) is 3. The van der Waals surface area contributed by atoms with E-state index in [4.69, 9.17) is 0 Å². The van der Waals surface area contributed by atoms with Gasteiger partial charge in [-0.15, -0.1) is 0 Å². The Hall–Kier alpha value is -2.90. The molecular formula is C20H18F3N3O2. The molecule has 28 heavy (non-hydrogen) atoms. The molecule has 146 valence electrons. The lowest BCUT2D eigenvalue weighted by atomic mass is 9.99. The largest absolute Gasteiger partial charge is 0.433 e. The van der Waals surface area contributed by atoms with Gasteiger partial charge in [0.15, 0.2) is 0 Å². The van der Waals surface area contributed by atoms with Crippen LogP contribution in [-0.2, 0) is 11.0 Å². The third-order valence-electron chi connectivity index (χ3n) is 5.01. The number of H-pyrrole nitrogens is 1. The standard InChI is InChI=1S/C20H18F3N3O2/c21-20(22,23)17-7-3-12(10-24-17)15(9-13-4-8-18(27)25-13)16-6-5-14(11-1-2-11)19(28)26-16/h3,5-7,9-11,13H,1-2,4,8H2,(H,25,27)(H,26,28)/t13-/m1/s1. The molecule has 1 atom stereocenters. The number of nitrogens with one attached hydrogen (secondary N) is 2. The predicted octanol–water partition coefficient (Wildman–Crippen LogP) is 3.38. The smallest absolute Gasteiger partial charge is 0.350 e. The van der Waals surface area contributed by atoms with Gasteiger partial charge in [0, 0.05) is 41.1 Å². The summed E-state index contributed by atoms with van der Waals surface area (Å²) in [5, 5.41) is 2.81. The molecule has 8 heteroatoms. The summed E-state index contributed by atoms with van der Waals surface area (Å²) in [6, 6.07) is 5.51. The number of hydrogen-bond donors (Lipinski definition) is 2. The summed E-state index contributed by atoms with van der Waals surface area (Å²) in [4.78, 5) is 30.3. The van der Waals surface area contributed by atoms with Gasteiger partial charge in [0.2, 0.25) is 5.91 Å². The second-order valence-electron chi connectivity index (χ2n) is 7.15. The summed E-state index contributed by atoms with van der Waals surface area (Å²) in [7, 11) is 0. The van der Waals surface area contributed by atoms with Crippen LogP contribution in [0.1, 0.15) is 54.1 Å². The average molecular weight is 389 g/mol. The molecule has 0 aromatic carbocycles. The topological polar surface area (TPSA) is 74.8 Å². The van der Waals surface area contributed by atoms with E-state index in [0.717, 1.165) is 30.7 Å². The van der Waals surface area contributed by atoms with Crippen LogP contribution < -0.4 is 10.9 Å². The third-order valence-corrected chi connectivity index (χ3v) is 5.01. The first kappa shape index (κ1) is 18.5. The number of aromatic nitrogens is 2. The monoisotopic (exact) mass is 389 g/mol. The highest BCUT2D eigenvalue weighted by Crippen LogP contribution is 2.38. The molecule has 2 fully saturated rings. The van der Waals surface area contributed by atoms with Crippen molar-refractivity contribution in [2.24, 2.45) is 0 Å². The minimum atomic E-state index is -4.53. The van der Waals surface area contributed by atoms with E-state index >= 15 is 0 Å². The Labute approximate surface area is 158 Å². The minimum Gasteiger partial charge on any atom is -0.350 e. The highest BCUT2D eigenvalue weighted by atomic mass is 19.4. The summed E-state index contributed by atoms with van der Waals surface area (Å²) in [6.07, 6.45) is 1.32. The van der Waals surface area contributed by atoms with Crippen molar-refractivity contribution in [2.45, 2.75) is 43.8 Å². The van der Waals surface area contributed by atoms with Crippen LogP contribution in [0.4, 0.5) is 13.2 Å². The number of pyridine rings is 2. The molecule has 3 heterocycles. The summed E-state index contributed by atoms with van der Waals surface area (Å²) in [6.45, 7) is 0. The van der Waals surface area contributed by atoms with E-state index in [1.165, 1.54) is 6.07 Å². The van der Waals surface area contributed by atoms with E-state index in [0.29, 0.717) is 29.7 Å². The zero-order chi connectivity index (χ0) is 19.9. The van der Waals surface area contributed by atoms with Crippen LogP contribution in [0.25, 0.3) is 5.57 Å². The molecule has 2 aliphatic rings. The van der Waals surface area contributed by atoms with Crippen molar-refractivity contribution in [3.05, 3.63) is 69.4 Å². The Balaban J connectivity index is 1.74. The summed E-state index contributed by atoms with van der Waals surface area (Å²) in [5.74, 6) is 0.204. The van der Waals surface area contributed by atoms with Gasteiger partial charge in [-0.2, -0.15) is 13.2 Å². The fraction of sp³-hybridized carbons (Fsp3) is 0.350. The first-order valence-corrected chi connectivity index (χ1v) is 9.09. The molecule has 1 aliphatic carbocycles. The molecule has 2 aromatic rings. The Morgan fingerprint density at radius 2 is 1.89 bits per heavy atom. The second-order valence-corrected chi connectivity index (χ2v) is 7.15. The van der Waals surface area contributed by atoms with Crippen molar-refractivity contribution in [2.75, 3.05) is 0 Å². The maximum absolute atomic E-state index is 12.8. The van der Waals surface area contributed by atoms with Crippen LogP contribution in [0.5, 0.6) is 0 Å². The van der Waals surface area contributed by atoms with Crippen molar-refractivity contribution in [3.63, 3.8) is 0 Å². The van der Waals surface area contributed by atoms with Crippen molar-refractivity contribution >= 4 is 11.5 Å². The van der Waals surface area contributed by atoms with Crippen LogP contribution in [0.3, 0.4) is 0 Å². The van der Waals surface area contributed by atoms with Crippen LogP contribution in [-0.4, -0.2) is 21.9 Å². The quantitative estimate of drug-likeness (QED) is 0.842. The highest BCUT2D eigenvalue weighted by molar-refractivity contribution is 5.82. The van der Waals surface area contributed by atoms with E-state index in [-0.39, 0.29) is 23.4 Å². The lowest BCUT2D eigenvalue weighted by Crippen LogP contribution is -2.24. The number of amides is 1. The molecule has 0 spiro atoms. The lowest BCUT2D eigenvalue weighted by Gasteiger charge is -2.13. The molecule has 1 aliphatic heterocycles. The average Bonchev–Trinajstić information content (AvgIpc) is 3.40. The van der Waals surface area contributed by atoms with Gasteiger partial charge in [-0.3, -0.25) is 14.6 Å². The maximum Gasteiger partial charge on any atom is 0.433 e. The van der Waals surface area contributed by atoms with Crippen molar-refractivity contribution in [3.8, 4) is 0 Å². The number of carbonyl (C=O) groups is 1. The van der Waals surface area contributed by atoms with E-state index in [1.807, 2.05) is 0 Å². The molecule has 4 rings (SSSR count). The third kappa shape index (κ3) is 3.85. The van der Waals surface area contributed by atoms with Gasteiger partial charge in [-0.1, -0.05) is 18.2 Å². The number of nitrogens with zero attached hydrogens (tertiary/aromatic N) is 1. The molecule has 2 aromatic heterocycles. The summed E-state index contributed by atoms with van der Waals surface area (Å²) >= 11 is 0. The molecule has 0 unspecified atom stereocenters. The molecule has 1 saturated carbocycles. The summed E-state index contributed by atoms with van der Waals surface area (Å²) in [5.41, 5.74) is 1.00. The molecule has 0 bridgehead atoms. The van der Waals surface area contributed by atoms with Gasteiger partial charge in [0.1, 0.15) is 5.69 Å². The lowest BCUT2D eigenvalue weighted by molar-refractivity contribution is -0.141. The SMILES string of the molecule is O=C1CC[C@H](C=C(c2ccc(C(F)(F)F)nc2)c2ccc(C3CC3)c(=O)[nH]2)N1. The Bertz CT molecular complexity index is 989. The Morgan fingerprint density at radius 1 is 1.11 bits per heavy atom. The van der Waals surface area contributed by atoms with Gasteiger partial charge in [0.05, 0.1) is 0 Å². The normalized spacial score (nSPS) is 20.3. The van der Waals surface area contributed by atoms with Crippen LogP contribution in [0.2, 0.25) is 0 Å². The van der Waals surface area contributed by atoms with Gasteiger partial charge >= 0.3 is 6.18 Å². The van der Waals surface area contributed by atoms with Gasteiger partial charge in [-0.25, -0.2) is 0 Å². The molecule has 0 radical (unpaired) electrons. The molecule has 1 saturated heterocycles. The van der Waals surface area contributed by atoms with Crippen LogP contribution >= 0.6 is 0 Å². The van der Waals surface area contributed by atoms with Crippen LogP contribution in [0.15, 0.2) is 41.3 Å². The van der Waals surface area contributed by atoms with E-state index in [2.05, 4.69) is 15.3 Å². The summed E-state index contributed by atoms with van der Waals surface area (Å²) < 4.78 is 38.5. The molecule has 5 nitrogen and oxygen atoms in total. The van der Waals surface area contributed by atoms with Gasteiger partial charge in [-0.05, 0) is 37.3 Å². The first-order chi connectivity index (χ1) is 13.3. The van der Waals surface area contributed by atoms with Crippen molar-refractivity contribution < 1.29 is 18.0 Å². The zero-order valence-corrected chi connectivity index (χ0v) is 14.8. The van der Waals surface area contributed by atoms with E-state index in [1.54, 1.807) is 18.2 Å². The molecule has 1 amide bonds. The number of carbonyl (C=O) groups excluding carboxylic acids is 1. The Morgan fingerprint density at radius 3 is 2.43 bits per heavy atom.